The number of aromatic nitrogens is 1. The highest BCUT2D eigenvalue weighted by molar-refractivity contribution is 5.86. The Hall–Kier alpha value is -1.91. The molecule has 1 heterocycles. The molecule has 0 bridgehead atoms. The molecule has 1 aromatic heterocycles. The van der Waals surface area contributed by atoms with E-state index in [4.69, 9.17) is 0 Å². The fourth-order valence-electron chi connectivity index (χ4n) is 0.865. The predicted molar refractivity (Wildman–Crippen MR) is 46.4 cm³/mol. The van der Waals surface area contributed by atoms with Crippen LogP contribution in [-0.4, -0.2) is 24.5 Å². The van der Waals surface area contributed by atoms with Crippen molar-refractivity contribution in [2.75, 3.05) is 7.11 Å². The smallest absolute Gasteiger partial charge is 0.356 e. The van der Waals surface area contributed by atoms with E-state index in [9.17, 15) is 9.59 Å². The second kappa shape index (κ2) is 4.96. The van der Waals surface area contributed by atoms with E-state index in [0.29, 0.717) is 12.0 Å². The third-order valence-corrected chi connectivity index (χ3v) is 1.54. The van der Waals surface area contributed by atoms with Gasteiger partial charge in [0.1, 0.15) is 12.3 Å². The zero-order chi connectivity index (χ0) is 10.4. The molecule has 0 N–H and O–H groups in total. The summed E-state index contributed by atoms with van der Waals surface area (Å²) in [5, 5.41) is 0. The van der Waals surface area contributed by atoms with Gasteiger partial charge in [-0.1, -0.05) is 6.07 Å². The van der Waals surface area contributed by atoms with Crippen molar-refractivity contribution in [3.05, 3.63) is 29.6 Å². The molecule has 0 spiro atoms. The van der Waals surface area contributed by atoms with E-state index >= 15 is 0 Å². The number of methoxy groups -OCH3 is 1. The number of esters is 1. The number of carbonyl (C=O) groups is 2. The van der Waals surface area contributed by atoms with Crippen molar-refractivity contribution >= 4 is 12.4 Å². The maximum absolute atomic E-state index is 11.0. The van der Waals surface area contributed by atoms with E-state index in [1.54, 1.807) is 6.07 Å². The van der Waals surface area contributed by atoms with Gasteiger partial charge in [0.25, 0.3) is 6.47 Å². The Balaban J connectivity index is 2.68. The predicted octanol–water partition coefficient (Wildman–Crippen LogP) is 0.541. The zero-order valence-corrected chi connectivity index (χ0v) is 7.60. The molecule has 0 aliphatic heterocycles. The number of nitrogens with zero attached hydrogens (tertiary/aromatic N) is 1. The Morgan fingerprint density at radius 3 is 2.86 bits per heavy atom. The zero-order valence-electron chi connectivity index (χ0n) is 7.60. The van der Waals surface area contributed by atoms with Crippen LogP contribution >= 0.6 is 0 Å². The summed E-state index contributed by atoms with van der Waals surface area (Å²) in [6.45, 7) is 0.506. The quantitative estimate of drug-likeness (QED) is 0.518. The minimum Gasteiger partial charge on any atom is -0.464 e. The van der Waals surface area contributed by atoms with E-state index in [1.807, 2.05) is 0 Å². The molecule has 0 amide bonds. The van der Waals surface area contributed by atoms with E-state index < -0.39 is 5.97 Å². The lowest BCUT2D eigenvalue weighted by atomic mass is 10.2. The van der Waals surface area contributed by atoms with Gasteiger partial charge in [0.2, 0.25) is 0 Å². The molecule has 0 saturated carbocycles. The largest absolute Gasteiger partial charge is 0.464 e. The molecule has 0 atom stereocenters. The van der Waals surface area contributed by atoms with Gasteiger partial charge < -0.3 is 9.47 Å². The molecule has 0 aliphatic carbocycles. The van der Waals surface area contributed by atoms with E-state index in [0.717, 1.165) is 0 Å². The summed E-state index contributed by atoms with van der Waals surface area (Å²) in [6, 6.07) is 3.15. The van der Waals surface area contributed by atoms with Crippen LogP contribution in [0, 0.1) is 0 Å². The highest BCUT2D eigenvalue weighted by Crippen LogP contribution is 2.02. The maximum atomic E-state index is 11.0. The van der Waals surface area contributed by atoms with Crippen molar-refractivity contribution in [2.24, 2.45) is 0 Å². The molecule has 1 aromatic rings. The van der Waals surface area contributed by atoms with Crippen LogP contribution in [0.3, 0.4) is 0 Å². The molecule has 5 heteroatoms. The summed E-state index contributed by atoms with van der Waals surface area (Å²) in [5.41, 5.74) is 0.937. The molecular formula is C9H9NO4. The van der Waals surface area contributed by atoms with Crippen LogP contribution < -0.4 is 0 Å². The molecule has 0 fully saturated rings. The maximum Gasteiger partial charge on any atom is 0.356 e. The Morgan fingerprint density at radius 1 is 1.57 bits per heavy atom. The van der Waals surface area contributed by atoms with Crippen molar-refractivity contribution in [1.82, 2.24) is 4.98 Å². The first-order valence-electron chi connectivity index (χ1n) is 3.86. The number of carbonyl (C=O) groups excluding carboxylic acids is 2. The molecule has 1 rings (SSSR count). The third-order valence-electron chi connectivity index (χ3n) is 1.54. The molecule has 0 radical (unpaired) electrons. The first kappa shape index (κ1) is 10.2. The highest BCUT2D eigenvalue weighted by Gasteiger charge is 2.05. The van der Waals surface area contributed by atoms with Crippen molar-refractivity contribution in [3.8, 4) is 0 Å². The van der Waals surface area contributed by atoms with Gasteiger partial charge in [-0.25, -0.2) is 9.78 Å². The van der Waals surface area contributed by atoms with Gasteiger partial charge in [-0.3, -0.25) is 4.79 Å². The average Bonchev–Trinajstić information content (AvgIpc) is 2.26. The summed E-state index contributed by atoms with van der Waals surface area (Å²) in [5.74, 6) is -0.493. The van der Waals surface area contributed by atoms with Crippen LogP contribution in [0.1, 0.15) is 16.1 Å². The van der Waals surface area contributed by atoms with Crippen LogP contribution in [-0.2, 0) is 20.9 Å². The van der Waals surface area contributed by atoms with Crippen LogP contribution in [0.2, 0.25) is 0 Å². The van der Waals surface area contributed by atoms with E-state index in [1.165, 1.54) is 19.4 Å². The number of hydrogen-bond acceptors (Lipinski definition) is 5. The molecule has 74 valence electrons. The van der Waals surface area contributed by atoms with Crippen molar-refractivity contribution in [1.29, 1.82) is 0 Å². The molecular weight excluding hydrogens is 186 g/mol. The molecule has 0 unspecified atom stereocenters. The standard InChI is InChI=1S/C9H9NO4/c1-13-9(12)8-3-2-7(4-10-8)5-14-6-11/h2-4,6H,5H2,1H3. The number of pyridine rings is 1. The van der Waals surface area contributed by atoms with Gasteiger partial charge in [0.05, 0.1) is 7.11 Å². The Bertz CT molecular complexity index is 320. The fraction of sp³-hybridized carbons (Fsp3) is 0.222. The van der Waals surface area contributed by atoms with Gasteiger partial charge in [0, 0.05) is 11.8 Å². The Kier molecular flexibility index (Phi) is 3.60. The molecule has 5 nitrogen and oxygen atoms in total. The minimum absolute atomic E-state index is 0.151. The SMILES string of the molecule is COC(=O)c1ccc(COC=O)cn1. The van der Waals surface area contributed by atoms with Crippen molar-refractivity contribution in [3.63, 3.8) is 0 Å². The van der Waals surface area contributed by atoms with Gasteiger partial charge in [0.15, 0.2) is 0 Å². The summed E-state index contributed by atoms with van der Waals surface area (Å²) >= 11 is 0. The molecule has 0 aliphatic rings. The summed E-state index contributed by atoms with van der Waals surface area (Å²) < 4.78 is 8.98. The second-order valence-corrected chi connectivity index (χ2v) is 2.45. The van der Waals surface area contributed by atoms with Gasteiger partial charge in [-0.05, 0) is 6.07 Å². The Morgan fingerprint density at radius 2 is 2.36 bits per heavy atom. The summed E-state index contributed by atoms with van der Waals surface area (Å²) in [6.07, 6.45) is 1.45. The molecule has 0 saturated heterocycles. The monoisotopic (exact) mass is 195 g/mol. The Labute approximate surface area is 80.7 Å². The second-order valence-electron chi connectivity index (χ2n) is 2.45. The van der Waals surface area contributed by atoms with Crippen molar-refractivity contribution < 1.29 is 19.1 Å². The number of hydrogen-bond donors (Lipinski definition) is 0. The van der Waals surface area contributed by atoms with Crippen LogP contribution in [0.25, 0.3) is 0 Å². The van der Waals surface area contributed by atoms with Crippen molar-refractivity contribution in [2.45, 2.75) is 6.61 Å². The van der Waals surface area contributed by atoms with Gasteiger partial charge in [-0.15, -0.1) is 0 Å². The highest BCUT2D eigenvalue weighted by atomic mass is 16.5. The first-order valence-corrected chi connectivity index (χ1v) is 3.86. The molecule has 0 aromatic carbocycles. The normalized spacial score (nSPS) is 9.21. The van der Waals surface area contributed by atoms with Crippen LogP contribution in [0.15, 0.2) is 18.3 Å². The lowest BCUT2D eigenvalue weighted by Crippen LogP contribution is -2.04. The average molecular weight is 195 g/mol. The van der Waals surface area contributed by atoms with Gasteiger partial charge >= 0.3 is 5.97 Å². The fourth-order valence-corrected chi connectivity index (χ4v) is 0.865. The van der Waals surface area contributed by atoms with Crippen LogP contribution in [0.4, 0.5) is 0 Å². The topological polar surface area (TPSA) is 65.5 Å². The minimum atomic E-state index is -0.493. The number of ether oxygens (including phenoxy) is 2. The lowest BCUT2D eigenvalue weighted by Gasteiger charge is -2.00. The lowest BCUT2D eigenvalue weighted by molar-refractivity contribution is -0.129. The summed E-state index contributed by atoms with van der Waals surface area (Å²) in [4.78, 5) is 24.7. The van der Waals surface area contributed by atoms with E-state index in [-0.39, 0.29) is 12.3 Å². The summed E-state index contributed by atoms with van der Waals surface area (Å²) in [7, 11) is 1.29. The number of rotatable bonds is 4. The third kappa shape index (κ3) is 2.55. The van der Waals surface area contributed by atoms with Gasteiger partial charge in [-0.2, -0.15) is 0 Å². The molecule has 14 heavy (non-hydrogen) atoms. The van der Waals surface area contributed by atoms with E-state index in [2.05, 4.69) is 14.5 Å². The first-order chi connectivity index (χ1) is 6.77. The van der Waals surface area contributed by atoms with Crippen LogP contribution in [0.5, 0.6) is 0 Å².